The first-order chi connectivity index (χ1) is 6.24. The molecule has 13 heavy (non-hydrogen) atoms. The molecule has 0 aliphatic rings. The number of halogens is 1. The van der Waals surface area contributed by atoms with Gasteiger partial charge in [0.05, 0.1) is 12.3 Å². The van der Waals surface area contributed by atoms with E-state index in [1.165, 1.54) is 0 Å². The molecule has 0 fully saturated rings. The summed E-state index contributed by atoms with van der Waals surface area (Å²) in [6.07, 6.45) is 0. The van der Waals surface area contributed by atoms with Crippen molar-refractivity contribution in [2.45, 2.75) is 5.03 Å². The van der Waals surface area contributed by atoms with Crippen molar-refractivity contribution in [2.24, 2.45) is 0 Å². The van der Waals surface area contributed by atoms with Crippen molar-refractivity contribution in [2.75, 3.05) is 25.2 Å². The average Bonchev–Trinajstić information content (AvgIpc) is 2.11. The van der Waals surface area contributed by atoms with Crippen LogP contribution in [0.1, 0.15) is 0 Å². The van der Waals surface area contributed by atoms with Crippen LogP contribution in [0.15, 0.2) is 17.2 Å². The van der Waals surface area contributed by atoms with E-state index in [2.05, 4.69) is 4.98 Å². The minimum Gasteiger partial charge on any atom is -0.397 e. The zero-order chi connectivity index (χ0) is 9.68. The number of anilines is 1. The summed E-state index contributed by atoms with van der Waals surface area (Å²) < 4.78 is 4.91. The van der Waals surface area contributed by atoms with Crippen LogP contribution >= 0.6 is 23.4 Å². The number of ether oxygens (including phenoxy) is 1. The van der Waals surface area contributed by atoms with Crippen LogP contribution in [0.25, 0.3) is 0 Å². The van der Waals surface area contributed by atoms with Gasteiger partial charge in [-0.2, -0.15) is 0 Å². The van der Waals surface area contributed by atoms with E-state index in [1.54, 1.807) is 31.0 Å². The molecule has 1 heterocycles. The summed E-state index contributed by atoms with van der Waals surface area (Å²) >= 11 is 7.26. The normalized spacial score (nSPS) is 10.3. The molecule has 72 valence electrons. The number of rotatable bonds is 4. The third-order valence-corrected chi connectivity index (χ3v) is 2.56. The van der Waals surface area contributed by atoms with Crippen molar-refractivity contribution < 1.29 is 4.74 Å². The molecule has 0 aliphatic heterocycles. The zero-order valence-corrected chi connectivity index (χ0v) is 8.86. The highest BCUT2D eigenvalue weighted by Crippen LogP contribution is 2.23. The number of nitrogen functional groups attached to an aromatic ring is 1. The van der Waals surface area contributed by atoms with Gasteiger partial charge >= 0.3 is 0 Å². The number of hydrogen-bond acceptors (Lipinski definition) is 4. The van der Waals surface area contributed by atoms with Crippen LogP contribution < -0.4 is 5.73 Å². The lowest BCUT2D eigenvalue weighted by molar-refractivity contribution is 0.218. The van der Waals surface area contributed by atoms with E-state index in [9.17, 15) is 0 Å². The summed E-state index contributed by atoms with van der Waals surface area (Å²) in [5.41, 5.74) is 6.35. The van der Waals surface area contributed by atoms with Gasteiger partial charge in [-0.15, -0.1) is 11.8 Å². The summed E-state index contributed by atoms with van der Waals surface area (Å²) in [5.74, 6) is 0.827. The first-order valence-corrected chi connectivity index (χ1v) is 5.14. The molecule has 5 heteroatoms. The Bertz CT molecular complexity index is 283. The maximum absolute atomic E-state index is 5.72. The van der Waals surface area contributed by atoms with Crippen molar-refractivity contribution in [3.8, 4) is 0 Å². The van der Waals surface area contributed by atoms with Crippen molar-refractivity contribution in [3.05, 3.63) is 17.3 Å². The zero-order valence-electron chi connectivity index (χ0n) is 7.29. The van der Waals surface area contributed by atoms with Crippen molar-refractivity contribution in [3.63, 3.8) is 0 Å². The van der Waals surface area contributed by atoms with Gasteiger partial charge in [-0.05, 0) is 12.1 Å². The number of thioether (sulfide) groups is 1. The molecule has 0 aromatic carbocycles. The molecule has 0 unspecified atom stereocenters. The lowest BCUT2D eigenvalue weighted by Gasteiger charge is -2.03. The van der Waals surface area contributed by atoms with Gasteiger partial charge in [-0.1, -0.05) is 11.6 Å². The first-order valence-electron chi connectivity index (χ1n) is 3.78. The van der Waals surface area contributed by atoms with Gasteiger partial charge in [-0.25, -0.2) is 4.98 Å². The number of methoxy groups -OCH3 is 1. The van der Waals surface area contributed by atoms with E-state index >= 15 is 0 Å². The number of aromatic nitrogens is 1. The Hall–Kier alpha value is -0.450. The molecule has 0 spiro atoms. The Morgan fingerprint density at radius 1 is 1.62 bits per heavy atom. The Balaban J connectivity index is 2.59. The fourth-order valence-electron chi connectivity index (χ4n) is 0.766. The molecule has 2 N–H and O–H groups in total. The maximum Gasteiger partial charge on any atom is 0.130 e. The van der Waals surface area contributed by atoms with E-state index in [1.807, 2.05) is 0 Å². The molecule has 1 aromatic heterocycles. The molecular formula is C8H11ClN2OS. The molecule has 1 aromatic rings. The molecule has 0 atom stereocenters. The SMILES string of the molecule is COCCSc1nc(Cl)ccc1N. The Kier molecular flexibility index (Phi) is 4.35. The molecule has 0 bridgehead atoms. The standard InChI is InChI=1S/C8H11ClN2OS/c1-12-4-5-13-8-6(10)2-3-7(9)11-8/h2-3H,4-5,10H2,1H3. The van der Waals surface area contributed by atoms with Gasteiger partial charge in [0.25, 0.3) is 0 Å². The lowest BCUT2D eigenvalue weighted by atomic mass is 10.4. The molecule has 0 saturated heterocycles. The molecule has 0 radical (unpaired) electrons. The summed E-state index contributed by atoms with van der Waals surface area (Å²) in [7, 11) is 1.66. The molecule has 0 aliphatic carbocycles. The highest BCUT2D eigenvalue weighted by atomic mass is 35.5. The highest BCUT2D eigenvalue weighted by Gasteiger charge is 2.01. The summed E-state index contributed by atoms with van der Waals surface area (Å²) in [6, 6.07) is 3.43. The fraction of sp³-hybridized carbons (Fsp3) is 0.375. The van der Waals surface area contributed by atoms with Gasteiger partial charge in [0, 0.05) is 12.9 Å². The molecule has 0 amide bonds. The van der Waals surface area contributed by atoms with Crippen LogP contribution in [-0.2, 0) is 4.74 Å². The summed E-state index contributed by atoms with van der Waals surface area (Å²) in [5, 5.41) is 1.23. The third-order valence-electron chi connectivity index (χ3n) is 1.38. The Morgan fingerprint density at radius 2 is 2.38 bits per heavy atom. The quantitative estimate of drug-likeness (QED) is 0.478. The summed E-state index contributed by atoms with van der Waals surface area (Å²) in [6.45, 7) is 0.679. The predicted molar refractivity (Wildman–Crippen MR) is 56.3 cm³/mol. The smallest absolute Gasteiger partial charge is 0.130 e. The topological polar surface area (TPSA) is 48.1 Å². The molecule has 0 saturated carbocycles. The minimum atomic E-state index is 0.467. The van der Waals surface area contributed by atoms with E-state index in [0.717, 1.165) is 10.8 Å². The molecule has 3 nitrogen and oxygen atoms in total. The van der Waals surface area contributed by atoms with Gasteiger partial charge in [0.1, 0.15) is 10.2 Å². The first kappa shape index (κ1) is 10.6. The van der Waals surface area contributed by atoms with Crippen LogP contribution in [0.3, 0.4) is 0 Å². The van der Waals surface area contributed by atoms with Crippen molar-refractivity contribution >= 4 is 29.1 Å². The van der Waals surface area contributed by atoms with Crippen molar-refractivity contribution in [1.29, 1.82) is 0 Å². The molecule has 1 rings (SSSR count). The molecular weight excluding hydrogens is 208 g/mol. The minimum absolute atomic E-state index is 0.467. The van der Waals surface area contributed by atoms with E-state index < -0.39 is 0 Å². The van der Waals surface area contributed by atoms with E-state index in [0.29, 0.717) is 17.4 Å². The highest BCUT2D eigenvalue weighted by molar-refractivity contribution is 7.99. The average molecular weight is 219 g/mol. The Labute approximate surface area is 86.6 Å². The van der Waals surface area contributed by atoms with Crippen LogP contribution in [-0.4, -0.2) is 24.5 Å². The van der Waals surface area contributed by atoms with Crippen molar-refractivity contribution in [1.82, 2.24) is 4.98 Å². The maximum atomic E-state index is 5.72. The van der Waals surface area contributed by atoms with Gasteiger partial charge in [0.2, 0.25) is 0 Å². The van der Waals surface area contributed by atoms with E-state index in [-0.39, 0.29) is 0 Å². The second-order valence-electron chi connectivity index (χ2n) is 2.37. The Morgan fingerprint density at radius 3 is 3.08 bits per heavy atom. The number of nitrogens with two attached hydrogens (primary N) is 1. The second-order valence-corrected chi connectivity index (χ2v) is 3.84. The third kappa shape index (κ3) is 3.42. The predicted octanol–water partition coefficient (Wildman–Crippen LogP) is 2.06. The van der Waals surface area contributed by atoms with Gasteiger partial charge < -0.3 is 10.5 Å². The monoisotopic (exact) mass is 218 g/mol. The second kappa shape index (κ2) is 5.32. The van der Waals surface area contributed by atoms with Crippen LogP contribution in [0.5, 0.6) is 0 Å². The fourth-order valence-corrected chi connectivity index (χ4v) is 1.80. The number of hydrogen-bond donors (Lipinski definition) is 1. The van der Waals surface area contributed by atoms with Gasteiger partial charge in [0.15, 0.2) is 0 Å². The van der Waals surface area contributed by atoms with Gasteiger partial charge in [-0.3, -0.25) is 0 Å². The van der Waals surface area contributed by atoms with E-state index in [4.69, 9.17) is 22.1 Å². The van der Waals surface area contributed by atoms with Crippen LogP contribution in [0.4, 0.5) is 5.69 Å². The largest absolute Gasteiger partial charge is 0.397 e. The van der Waals surface area contributed by atoms with Crippen LogP contribution in [0.2, 0.25) is 5.15 Å². The number of nitrogens with zero attached hydrogens (tertiary/aromatic N) is 1. The van der Waals surface area contributed by atoms with Crippen LogP contribution in [0, 0.1) is 0 Å². The summed E-state index contributed by atoms with van der Waals surface area (Å²) in [4.78, 5) is 4.09. The lowest BCUT2D eigenvalue weighted by Crippen LogP contribution is -1.96. The number of pyridine rings is 1.